The lowest BCUT2D eigenvalue weighted by Crippen LogP contribution is -2.25. The number of sulfonamides is 1. The van der Waals surface area contributed by atoms with Gasteiger partial charge in [0.05, 0.1) is 4.90 Å². The highest BCUT2D eigenvalue weighted by atomic mass is 32.2. The zero-order valence-corrected chi connectivity index (χ0v) is 16.3. The number of hydrogen-bond donors (Lipinski definition) is 3. The summed E-state index contributed by atoms with van der Waals surface area (Å²) in [5.41, 5.74) is 14.9. The molecule has 0 bridgehead atoms. The Balaban J connectivity index is 1.64. The van der Waals surface area contributed by atoms with Crippen molar-refractivity contribution in [3.05, 3.63) is 66.4 Å². The van der Waals surface area contributed by atoms with Gasteiger partial charge in [-0.05, 0) is 54.3 Å². The molecule has 0 atom stereocenters. The molecule has 3 aromatic rings. The molecule has 8 heteroatoms. The topological polar surface area (TPSA) is 128 Å². The molecule has 1 aliphatic carbocycles. The zero-order chi connectivity index (χ0) is 20.6. The van der Waals surface area contributed by atoms with Gasteiger partial charge < -0.3 is 11.5 Å². The molecule has 0 spiro atoms. The maximum Gasteiger partial charge on any atom is 0.248 e. The smallest absolute Gasteiger partial charge is 0.248 e. The fraction of sp³-hybridized carbons (Fsp3) is 0.143. The van der Waals surface area contributed by atoms with Gasteiger partial charge in [-0.15, -0.1) is 0 Å². The quantitative estimate of drug-likeness (QED) is 0.577. The average molecular weight is 408 g/mol. The number of rotatable bonds is 6. The third kappa shape index (κ3) is 4.13. The minimum absolute atomic E-state index is 0.0597. The zero-order valence-electron chi connectivity index (χ0n) is 15.5. The summed E-state index contributed by atoms with van der Waals surface area (Å²) >= 11 is 0. The van der Waals surface area contributed by atoms with Gasteiger partial charge in [-0.25, -0.2) is 18.1 Å². The van der Waals surface area contributed by atoms with Crippen molar-refractivity contribution in [2.75, 3.05) is 5.73 Å². The molecule has 2 aromatic carbocycles. The SMILES string of the molecule is NC(=O)c1ccc(-c2cc(-c3ccc(S(=O)(=O)NC4CC4)cc3)cnc2N)cc1. The van der Waals surface area contributed by atoms with Gasteiger partial charge in [-0.1, -0.05) is 24.3 Å². The van der Waals surface area contributed by atoms with Gasteiger partial charge in [-0.2, -0.15) is 0 Å². The molecule has 4 rings (SSSR count). The van der Waals surface area contributed by atoms with Crippen LogP contribution in [0.25, 0.3) is 22.3 Å². The molecule has 29 heavy (non-hydrogen) atoms. The first-order valence-corrected chi connectivity index (χ1v) is 10.6. The summed E-state index contributed by atoms with van der Waals surface area (Å²) in [7, 11) is -3.49. The summed E-state index contributed by atoms with van der Waals surface area (Å²) < 4.78 is 27.3. The van der Waals surface area contributed by atoms with Gasteiger partial charge in [0.25, 0.3) is 0 Å². The largest absolute Gasteiger partial charge is 0.383 e. The Kier molecular flexibility index (Phi) is 4.81. The summed E-state index contributed by atoms with van der Waals surface area (Å²) in [6.07, 6.45) is 3.41. The van der Waals surface area contributed by atoms with Gasteiger partial charge in [0.15, 0.2) is 0 Å². The molecule has 5 N–H and O–H groups in total. The Morgan fingerprint density at radius 3 is 2.17 bits per heavy atom. The number of primary amides is 1. The van der Waals surface area contributed by atoms with E-state index >= 15 is 0 Å². The standard InChI is InChI=1S/C21H20N4O3S/c22-20-19(14-1-3-15(4-2-14)21(23)26)11-16(12-24-20)13-5-9-18(10-6-13)29(27,28)25-17-7-8-17/h1-6,9-12,17,25H,7-8H2,(H2,22,24)(H2,23,26). The highest BCUT2D eigenvalue weighted by Crippen LogP contribution is 2.30. The molecule has 148 valence electrons. The van der Waals surface area contributed by atoms with Crippen molar-refractivity contribution in [3.63, 3.8) is 0 Å². The van der Waals surface area contributed by atoms with E-state index in [1.54, 1.807) is 54.7 Å². The average Bonchev–Trinajstić information content (AvgIpc) is 3.52. The van der Waals surface area contributed by atoms with Crippen LogP contribution in [0, 0.1) is 0 Å². The molecule has 1 aliphatic rings. The minimum atomic E-state index is -3.49. The van der Waals surface area contributed by atoms with Crippen LogP contribution < -0.4 is 16.2 Å². The summed E-state index contributed by atoms with van der Waals surface area (Å²) in [5.74, 6) is -0.143. The number of nitrogens with one attached hydrogen (secondary N) is 1. The van der Waals surface area contributed by atoms with Gasteiger partial charge in [-0.3, -0.25) is 4.79 Å². The predicted octanol–water partition coefficient (Wildman–Crippen LogP) is 2.54. The molecule has 1 fully saturated rings. The maximum atomic E-state index is 12.3. The molecule has 1 saturated carbocycles. The number of anilines is 1. The second kappa shape index (κ2) is 7.31. The number of aromatic nitrogens is 1. The van der Waals surface area contributed by atoms with E-state index in [0.29, 0.717) is 16.9 Å². The number of carbonyl (C=O) groups excluding carboxylic acids is 1. The van der Waals surface area contributed by atoms with Crippen molar-refractivity contribution in [2.45, 2.75) is 23.8 Å². The molecule has 0 unspecified atom stereocenters. The maximum absolute atomic E-state index is 12.3. The molecule has 0 saturated heterocycles. The van der Waals surface area contributed by atoms with Crippen LogP contribution in [0.4, 0.5) is 5.82 Å². The monoisotopic (exact) mass is 408 g/mol. The molecule has 0 radical (unpaired) electrons. The molecule has 0 aliphatic heterocycles. The van der Waals surface area contributed by atoms with Gasteiger partial charge in [0.2, 0.25) is 15.9 Å². The number of benzene rings is 2. The van der Waals surface area contributed by atoms with Gasteiger partial charge in [0, 0.05) is 28.9 Å². The number of nitrogens with two attached hydrogens (primary N) is 2. The molecular formula is C21H20N4O3S. The number of pyridine rings is 1. The van der Waals surface area contributed by atoms with E-state index in [-0.39, 0.29) is 10.9 Å². The van der Waals surface area contributed by atoms with Crippen molar-refractivity contribution in [2.24, 2.45) is 5.73 Å². The Bertz CT molecular complexity index is 1170. The highest BCUT2D eigenvalue weighted by Gasteiger charge is 2.27. The number of nitrogen functional groups attached to an aromatic ring is 1. The Labute approximate surface area is 168 Å². The van der Waals surface area contributed by atoms with E-state index in [9.17, 15) is 13.2 Å². The van der Waals surface area contributed by atoms with Crippen molar-refractivity contribution in [1.29, 1.82) is 0 Å². The third-order valence-corrected chi connectivity index (χ3v) is 6.33. The summed E-state index contributed by atoms with van der Waals surface area (Å²) in [6.45, 7) is 0. The van der Waals surface area contributed by atoms with Crippen LogP contribution in [0.1, 0.15) is 23.2 Å². The van der Waals surface area contributed by atoms with Crippen LogP contribution >= 0.6 is 0 Å². The first kappa shape index (κ1) is 19.1. The van der Waals surface area contributed by atoms with Crippen molar-refractivity contribution >= 4 is 21.7 Å². The molecule has 7 nitrogen and oxygen atoms in total. The van der Waals surface area contributed by atoms with E-state index in [1.165, 1.54) is 0 Å². The summed E-state index contributed by atoms with van der Waals surface area (Å²) in [6, 6.07) is 15.4. The van der Waals surface area contributed by atoms with Gasteiger partial charge in [0.1, 0.15) is 5.82 Å². The summed E-state index contributed by atoms with van der Waals surface area (Å²) in [4.78, 5) is 15.8. The third-order valence-electron chi connectivity index (χ3n) is 4.80. The number of hydrogen-bond acceptors (Lipinski definition) is 5. The summed E-state index contributed by atoms with van der Waals surface area (Å²) in [5, 5.41) is 0. The lowest BCUT2D eigenvalue weighted by molar-refractivity contribution is 0.100. The molecular weight excluding hydrogens is 388 g/mol. The molecule has 1 aromatic heterocycles. The van der Waals surface area contributed by atoms with Crippen molar-refractivity contribution in [1.82, 2.24) is 9.71 Å². The van der Waals surface area contributed by atoms with E-state index in [4.69, 9.17) is 11.5 Å². The van der Waals surface area contributed by atoms with Crippen molar-refractivity contribution < 1.29 is 13.2 Å². The van der Waals surface area contributed by atoms with E-state index in [0.717, 1.165) is 29.5 Å². The van der Waals surface area contributed by atoms with Gasteiger partial charge >= 0.3 is 0 Å². The van der Waals surface area contributed by atoms with Crippen molar-refractivity contribution in [3.8, 4) is 22.3 Å². The number of carbonyl (C=O) groups is 1. The minimum Gasteiger partial charge on any atom is -0.383 e. The molecule has 1 amide bonds. The second-order valence-electron chi connectivity index (χ2n) is 7.02. The highest BCUT2D eigenvalue weighted by molar-refractivity contribution is 7.89. The Morgan fingerprint density at radius 1 is 0.966 bits per heavy atom. The van der Waals surface area contributed by atoms with Crippen LogP contribution in [0.5, 0.6) is 0 Å². The fourth-order valence-electron chi connectivity index (χ4n) is 2.99. The lowest BCUT2D eigenvalue weighted by atomic mass is 10.00. The van der Waals surface area contributed by atoms with Crippen LogP contribution in [-0.2, 0) is 10.0 Å². The van der Waals surface area contributed by atoms with Crippen LogP contribution in [0.15, 0.2) is 65.7 Å². The fourth-order valence-corrected chi connectivity index (χ4v) is 4.30. The van der Waals surface area contributed by atoms with Crippen LogP contribution in [0.2, 0.25) is 0 Å². The van der Waals surface area contributed by atoms with E-state index in [1.807, 2.05) is 6.07 Å². The molecule has 1 heterocycles. The number of amides is 1. The van der Waals surface area contributed by atoms with Crippen LogP contribution in [0.3, 0.4) is 0 Å². The Morgan fingerprint density at radius 2 is 1.59 bits per heavy atom. The lowest BCUT2D eigenvalue weighted by Gasteiger charge is -2.10. The van der Waals surface area contributed by atoms with E-state index in [2.05, 4.69) is 9.71 Å². The first-order valence-electron chi connectivity index (χ1n) is 9.12. The van der Waals surface area contributed by atoms with E-state index < -0.39 is 15.9 Å². The predicted molar refractivity (Wildman–Crippen MR) is 111 cm³/mol. The first-order chi connectivity index (χ1) is 13.8. The second-order valence-corrected chi connectivity index (χ2v) is 8.73. The Hall–Kier alpha value is -3.23. The number of nitrogens with zero attached hydrogens (tertiary/aromatic N) is 1. The normalized spacial score (nSPS) is 13.9. The van der Waals surface area contributed by atoms with Crippen LogP contribution in [-0.4, -0.2) is 25.4 Å².